The molecule has 6 nitrogen and oxygen atoms in total. The highest BCUT2D eigenvalue weighted by molar-refractivity contribution is 5.86. The second-order valence-corrected chi connectivity index (χ2v) is 7.18. The molecule has 1 saturated heterocycles. The minimum Gasteiger partial charge on any atom is -0.331 e. The molecule has 0 bridgehead atoms. The summed E-state index contributed by atoms with van der Waals surface area (Å²) in [4.78, 5) is 33.1. The first kappa shape index (κ1) is 15.7. The molecule has 0 N–H and O–H groups in total. The Balaban J connectivity index is 1.54. The van der Waals surface area contributed by atoms with Crippen molar-refractivity contribution in [3.8, 4) is 0 Å². The SMILES string of the molecule is O=C(N1CCn2c(nc(CN3CCCC3)cc2=O)C1)C1(F)CCC1. The van der Waals surface area contributed by atoms with E-state index in [-0.39, 0.29) is 12.1 Å². The quantitative estimate of drug-likeness (QED) is 0.830. The lowest BCUT2D eigenvalue weighted by atomic mass is 9.81. The van der Waals surface area contributed by atoms with Gasteiger partial charge in [-0.3, -0.25) is 19.1 Å². The molecule has 1 aromatic heterocycles. The predicted octanol–water partition coefficient (Wildman–Crippen LogP) is 1.07. The fourth-order valence-electron chi connectivity index (χ4n) is 3.85. The number of rotatable bonds is 3. The largest absolute Gasteiger partial charge is 0.331 e. The number of halogens is 1. The second-order valence-electron chi connectivity index (χ2n) is 7.18. The molecule has 1 aliphatic carbocycles. The van der Waals surface area contributed by atoms with Crippen LogP contribution in [0.3, 0.4) is 0 Å². The van der Waals surface area contributed by atoms with Gasteiger partial charge in [0, 0.05) is 25.7 Å². The van der Waals surface area contributed by atoms with E-state index < -0.39 is 11.6 Å². The minimum atomic E-state index is -1.68. The smallest absolute Gasteiger partial charge is 0.260 e. The molecule has 0 aromatic carbocycles. The standard InChI is InChI=1S/C17H23FN4O2/c18-17(4-3-5-17)16(24)21-8-9-22-14(12-21)19-13(10-15(22)23)11-20-6-1-2-7-20/h10H,1-9,11-12H2. The van der Waals surface area contributed by atoms with Crippen molar-refractivity contribution in [2.45, 2.75) is 57.4 Å². The Morgan fingerprint density at radius 1 is 1.17 bits per heavy atom. The molecule has 0 spiro atoms. The Morgan fingerprint density at radius 2 is 1.92 bits per heavy atom. The van der Waals surface area contributed by atoms with Crippen molar-refractivity contribution in [1.29, 1.82) is 0 Å². The number of hydrogen-bond donors (Lipinski definition) is 0. The van der Waals surface area contributed by atoms with Gasteiger partial charge in [-0.2, -0.15) is 0 Å². The van der Waals surface area contributed by atoms with Crippen molar-refractivity contribution < 1.29 is 9.18 Å². The monoisotopic (exact) mass is 334 g/mol. The van der Waals surface area contributed by atoms with Gasteiger partial charge in [-0.1, -0.05) is 0 Å². The molecule has 4 rings (SSSR count). The Hall–Kier alpha value is -1.76. The van der Waals surface area contributed by atoms with Crippen molar-refractivity contribution in [2.24, 2.45) is 0 Å². The second kappa shape index (κ2) is 5.95. The number of nitrogens with zero attached hydrogens (tertiary/aromatic N) is 4. The molecule has 3 heterocycles. The van der Waals surface area contributed by atoms with E-state index in [4.69, 9.17) is 0 Å². The van der Waals surface area contributed by atoms with Crippen molar-refractivity contribution in [1.82, 2.24) is 19.4 Å². The fourth-order valence-corrected chi connectivity index (χ4v) is 3.85. The van der Waals surface area contributed by atoms with E-state index in [1.807, 2.05) is 0 Å². The van der Waals surface area contributed by atoms with Crippen LogP contribution in [0.4, 0.5) is 4.39 Å². The van der Waals surface area contributed by atoms with Crippen LogP contribution in [0.2, 0.25) is 0 Å². The maximum Gasteiger partial charge on any atom is 0.260 e. The van der Waals surface area contributed by atoms with Crippen LogP contribution in [-0.2, 0) is 24.4 Å². The summed E-state index contributed by atoms with van der Waals surface area (Å²) in [5.74, 6) is 0.151. The molecule has 1 aromatic rings. The molecular weight excluding hydrogens is 311 g/mol. The Morgan fingerprint density at radius 3 is 2.58 bits per heavy atom. The molecule has 7 heteroatoms. The predicted molar refractivity (Wildman–Crippen MR) is 86.1 cm³/mol. The van der Waals surface area contributed by atoms with Gasteiger partial charge in [-0.25, -0.2) is 9.37 Å². The van der Waals surface area contributed by atoms with Crippen molar-refractivity contribution in [3.63, 3.8) is 0 Å². The summed E-state index contributed by atoms with van der Waals surface area (Å²) in [6.45, 7) is 3.75. The number of hydrogen-bond acceptors (Lipinski definition) is 4. The van der Waals surface area contributed by atoms with Gasteiger partial charge in [0.1, 0.15) is 5.82 Å². The lowest BCUT2D eigenvalue weighted by Gasteiger charge is -2.38. The van der Waals surface area contributed by atoms with Crippen LogP contribution in [-0.4, -0.2) is 50.6 Å². The molecule has 0 unspecified atom stereocenters. The Bertz CT molecular complexity index is 707. The summed E-state index contributed by atoms with van der Waals surface area (Å²) in [7, 11) is 0. The first-order chi connectivity index (χ1) is 11.5. The number of likely N-dealkylation sites (tertiary alicyclic amines) is 1. The molecule has 1 saturated carbocycles. The van der Waals surface area contributed by atoms with Gasteiger partial charge >= 0.3 is 0 Å². The highest BCUT2D eigenvalue weighted by atomic mass is 19.1. The minimum absolute atomic E-state index is 0.0695. The van der Waals surface area contributed by atoms with E-state index >= 15 is 0 Å². The number of carbonyl (C=O) groups is 1. The zero-order chi connectivity index (χ0) is 16.7. The van der Waals surface area contributed by atoms with Crippen LogP contribution in [0, 0.1) is 0 Å². The van der Waals surface area contributed by atoms with E-state index in [2.05, 4.69) is 9.88 Å². The van der Waals surface area contributed by atoms with Crippen LogP contribution in [0.15, 0.2) is 10.9 Å². The molecule has 0 radical (unpaired) electrons. The lowest BCUT2D eigenvalue weighted by molar-refractivity contribution is -0.151. The van der Waals surface area contributed by atoms with Crippen LogP contribution < -0.4 is 5.56 Å². The van der Waals surface area contributed by atoms with Gasteiger partial charge in [-0.15, -0.1) is 0 Å². The highest BCUT2D eigenvalue weighted by Gasteiger charge is 2.47. The summed E-state index contributed by atoms with van der Waals surface area (Å²) < 4.78 is 16.0. The van der Waals surface area contributed by atoms with Crippen molar-refractivity contribution in [2.75, 3.05) is 19.6 Å². The summed E-state index contributed by atoms with van der Waals surface area (Å²) in [6, 6.07) is 1.60. The van der Waals surface area contributed by atoms with Gasteiger partial charge in [-0.05, 0) is 45.2 Å². The maximum atomic E-state index is 14.4. The molecule has 130 valence electrons. The molecule has 1 amide bonds. The molecule has 3 aliphatic rings. The first-order valence-electron chi connectivity index (χ1n) is 8.85. The molecule has 24 heavy (non-hydrogen) atoms. The highest BCUT2D eigenvalue weighted by Crippen LogP contribution is 2.38. The first-order valence-corrected chi connectivity index (χ1v) is 8.85. The van der Waals surface area contributed by atoms with E-state index in [1.165, 1.54) is 17.7 Å². The summed E-state index contributed by atoms with van der Waals surface area (Å²) in [5.41, 5.74) is -1.00. The zero-order valence-corrected chi connectivity index (χ0v) is 13.8. The fraction of sp³-hybridized carbons (Fsp3) is 0.706. The number of fused-ring (bicyclic) bond motifs is 1. The maximum absolute atomic E-state index is 14.4. The van der Waals surface area contributed by atoms with Gasteiger partial charge in [0.05, 0.1) is 12.2 Å². The van der Waals surface area contributed by atoms with E-state index in [1.54, 1.807) is 10.6 Å². The molecule has 0 atom stereocenters. The topological polar surface area (TPSA) is 58.4 Å². The van der Waals surface area contributed by atoms with Crippen LogP contribution in [0.25, 0.3) is 0 Å². The Labute approximate surface area is 140 Å². The number of alkyl halides is 1. The summed E-state index contributed by atoms with van der Waals surface area (Å²) in [6.07, 6.45) is 3.77. The van der Waals surface area contributed by atoms with Gasteiger partial charge < -0.3 is 4.90 Å². The average molecular weight is 334 g/mol. The number of aromatic nitrogens is 2. The van der Waals surface area contributed by atoms with Crippen LogP contribution in [0.5, 0.6) is 0 Å². The normalized spacial score (nSPS) is 23.0. The van der Waals surface area contributed by atoms with E-state index in [9.17, 15) is 14.0 Å². The summed E-state index contributed by atoms with van der Waals surface area (Å²) in [5, 5.41) is 0. The number of carbonyl (C=O) groups excluding carboxylic acids is 1. The van der Waals surface area contributed by atoms with E-state index in [0.717, 1.165) is 25.2 Å². The molecule has 2 aliphatic heterocycles. The Kier molecular flexibility index (Phi) is 3.90. The third-order valence-electron chi connectivity index (χ3n) is 5.47. The van der Waals surface area contributed by atoms with Crippen LogP contribution in [0.1, 0.15) is 43.6 Å². The van der Waals surface area contributed by atoms with Crippen molar-refractivity contribution in [3.05, 3.63) is 27.9 Å². The zero-order valence-electron chi connectivity index (χ0n) is 13.8. The van der Waals surface area contributed by atoms with Gasteiger partial charge in [0.25, 0.3) is 11.5 Å². The van der Waals surface area contributed by atoms with E-state index in [0.29, 0.717) is 38.3 Å². The van der Waals surface area contributed by atoms with Gasteiger partial charge in [0.2, 0.25) is 0 Å². The lowest BCUT2D eigenvalue weighted by Crippen LogP contribution is -2.53. The van der Waals surface area contributed by atoms with Gasteiger partial charge in [0.15, 0.2) is 5.67 Å². The summed E-state index contributed by atoms with van der Waals surface area (Å²) >= 11 is 0. The third-order valence-corrected chi connectivity index (χ3v) is 5.47. The average Bonchev–Trinajstić information content (AvgIpc) is 3.04. The van der Waals surface area contributed by atoms with Crippen molar-refractivity contribution >= 4 is 5.91 Å². The van der Waals surface area contributed by atoms with Crippen LogP contribution >= 0.6 is 0 Å². The molecule has 2 fully saturated rings. The molecular formula is C17H23FN4O2. The number of amides is 1. The third kappa shape index (κ3) is 2.75.